The fraction of sp³-hybridized carbons (Fsp3) is 0.222. The first-order valence-electron chi connectivity index (χ1n) is 11.1. The smallest absolute Gasteiger partial charge is 0.294 e. The van der Waals surface area contributed by atoms with Gasteiger partial charge in [0.15, 0.2) is 0 Å². The first-order valence-corrected chi connectivity index (χ1v) is 12.0. The van der Waals surface area contributed by atoms with Crippen LogP contribution in [0.15, 0.2) is 53.4 Å². The molecule has 2 aromatic carbocycles. The van der Waals surface area contributed by atoms with Crippen molar-refractivity contribution in [3.05, 3.63) is 81.5 Å². The zero-order valence-corrected chi connectivity index (χ0v) is 21.2. The number of nitrogens with zero attached hydrogens (tertiary/aromatic N) is 2. The summed E-state index contributed by atoms with van der Waals surface area (Å²) in [5, 5.41) is 2.24. The minimum absolute atomic E-state index is 0.299. The summed E-state index contributed by atoms with van der Waals surface area (Å²) in [6.45, 7) is 7.79. The van der Waals surface area contributed by atoms with Crippen molar-refractivity contribution < 1.29 is 19.1 Å². The minimum atomic E-state index is -0.471. The summed E-state index contributed by atoms with van der Waals surface area (Å²) in [7, 11) is 1.56. The first kappa shape index (κ1) is 24.3. The Morgan fingerprint density at radius 1 is 1.03 bits per heavy atom. The van der Waals surface area contributed by atoms with E-state index < -0.39 is 17.1 Å². The molecule has 0 bridgehead atoms. The monoisotopic (exact) mass is 489 g/mol. The highest BCUT2D eigenvalue weighted by molar-refractivity contribution is 8.18. The number of nitrogens with one attached hydrogen (secondary N) is 1. The van der Waals surface area contributed by atoms with Gasteiger partial charge in [0.05, 0.1) is 12.0 Å². The summed E-state index contributed by atoms with van der Waals surface area (Å²) in [6, 6.07) is 15.1. The quantitative estimate of drug-likeness (QED) is 0.469. The molecule has 1 N–H and O–H groups in total. The largest absolute Gasteiger partial charge is 0.497 e. The molecular weight excluding hydrogens is 462 g/mol. The summed E-state index contributed by atoms with van der Waals surface area (Å²) in [5.41, 5.74) is 6.83. The fourth-order valence-electron chi connectivity index (χ4n) is 4.16. The molecule has 1 aliphatic heterocycles. The zero-order valence-electron chi connectivity index (χ0n) is 20.3. The van der Waals surface area contributed by atoms with Crippen LogP contribution in [0.1, 0.15) is 28.1 Å². The third-order valence-corrected chi connectivity index (χ3v) is 6.81. The van der Waals surface area contributed by atoms with Crippen molar-refractivity contribution in [2.24, 2.45) is 0 Å². The average molecular weight is 490 g/mol. The molecule has 0 radical (unpaired) electrons. The molecule has 0 unspecified atom stereocenters. The SMILES string of the molecule is COc1ccc(NC(=O)CN2C(=O)S/C(=C/c3cc(C)n(-c4ccc(C)cc4C)c3C)C2=O)cc1. The number of benzene rings is 2. The molecule has 4 rings (SSSR count). The number of aryl methyl sites for hydroxylation is 3. The maximum Gasteiger partial charge on any atom is 0.294 e. The number of hydrogen-bond acceptors (Lipinski definition) is 5. The van der Waals surface area contributed by atoms with E-state index in [1.807, 2.05) is 19.9 Å². The van der Waals surface area contributed by atoms with Crippen molar-refractivity contribution in [2.45, 2.75) is 27.7 Å². The van der Waals surface area contributed by atoms with Gasteiger partial charge in [-0.2, -0.15) is 0 Å². The topological polar surface area (TPSA) is 80.6 Å². The summed E-state index contributed by atoms with van der Waals surface area (Å²) in [6.07, 6.45) is 1.73. The molecule has 1 saturated heterocycles. The first-order chi connectivity index (χ1) is 16.7. The third kappa shape index (κ3) is 5.02. The van der Waals surface area contributed by atoms with E-state index in [-0.39, 0.29) is 6.54 Å². The van der Waals surface area contributed by atoms with Crippen LogP contribution in [-0.2, 0) is 9.59 Å². The Balaban J connectivity index is 1.52. The Bertz CT molecular complexity index is 1360. The maximum absolute atomic E-state index is 13.0. The van der Waals surface area contributed by atoms with Gasteiger partial charge in [-0.25, -0.2) is 0 Å². The number of methoxy groups -OCH3 is 1. The zero-order chi connectivity index (χ0) is 25.3. The number of ether oxygens (including phenoxy) is 1. The highest BCUT2D eigenvalue weighted by atomic mass is 32.2. The van der Waals surface area contributed by atoms with Crippen LogP contribution in [0.25, 0.3) is 11.8 Å². The molecule has 1 aromatic heterocycles. The van der Waals surface area contributed by atoms with Gasteiger partial charge in [0.2, 0.25) is 5.91 Å². The number of carbonyl (C=O) groups is 3. The molecule has 180 valence electrons. The highest BCUT2D eigenvalue weighted by Crippen LogP contribution is 2.34. The molecule has 2 heterocycles. The minimum Gasteiger partial charge on any atom is -0.497 e. The van der Waals surface area contributed by atoms with E-state index in [0.717, 1.165) is 44.9 Å². The van der Waals surface area contributed by atoms with Gasteiger partial charge < -0.3 is 14.6 Å². The Morgan fingerprint density at radius 2 is 1.74 bits per heavy atom. The summed E-state index contributed by atoms with van der Waals surface area (Å²) < 4.78 is 7.25. The van der Waals surface area contributed by atoms with Crippen molar-refractivity contribution in [3.8, 4) is 11.4 Å². The van der Waals surface area contributed by atoms with Gasteiger partial charge in [0.25, 0.3) is 11.1 Å². The Kier molecular flexibility index (Phi) is 6.84. The van der Waals surface area contributed by atoms with Gasteiger partial charge in [-0.15, -0.1) is 0 Å². The predicted molar refractivity (Wildman–Crippen MR) is 139 cm³/mol. The lowest BCUT2D eigenvalue weighted by Gasteiger charge is -2.13. The molecule has 35 heavy (non-hydrogen) atoms. The van der Waals surface area contributed by atoms with Gasteiger partial charge in [-0.1, -0.05) is 17.7 Å². The van der Waals surface area contributed by atoms with Crippen LogP contribution in [0.2, 0.25) is 0 Å². The second-order valence-corrected chi connectivity index (χ2v) is 9.49. The van der Waals surface area contributed by atoms with Crippen molar-refractivity contribution in [2.75, 3.05) is 19.0 Å². The molecule has 0 spiro atoms. The highest BCUT2D eigenvalue weighted by Gasteiger charge is 2.36. The van der Waals surface area contributed by atoms with E-state index in [1.54, 1.807) is 37.5 Å². The molecule has 0 aliphatic carbocycles. The van der Waals surface area contributed by atoms with Crippen molar-refractivity contribution in [3.63, 3.8) is 0 Å². The molecule has 0 saturated carbocycles. The molecular formula is C27H27N3O4S. The number of carbonyl (C=O) groups excluding carboxylic acids is 3. The molecule has 8 heteroatoms. The summed E-state index contributed by atoms with van der Waals surface area (Å²) >= 11 is 0.847. The Morgan fingerprint density at radius 3 is 2.40 bits per heavy atom. The van der Waals surface area contributed by atoms with Crippen molar-refractivity contribution >= 4 is 40.6 Å². The molecule has 3 amide bonds. The van der Waals surface area contributed by atoms with Crippen LogP contribution in [0.4, 0.5) is 10.5 Å². The van der Waals surface area contributed by atoms with E-state index in [1.165, 1.54) is 5.56 Å². The lowest BCUT2D eigenvalue weighted by molar-refractivity contribution is -0.127. The Hall–Kier alpha value is -3.78. The van der Waals surface area contributed by atoms with E-state index in [4.69, 9.17) is 4.74 Å². The number of hydrogen-bond donors (Lipinski definition) is 1. The van der Waals surface area contributed by atoms with Gasteiger partial charge in [-0.05, 0) is 93.1 Å². The van der Waals surface area contributed by atoms with Crippen LogP contribution in [-0.4, -0.2) is 40.2 Å². The van der Waals surface area contributed by atoms with Crippen LogP contribution in [0, 0.1) is 27.7 Å². The van der Waals surface area contributed by atoms with E-state index in [0.29, 0.717) is 16.3 Å². The molecule has 1 fully saturated rings. The van der Waals surface area contributed by atoms with Crippen molar-refractivity contribution in [1.82, 2.24) is 9.47 Å². The van der Waals surface area contributed by atoms with Gasteiger partial charge in [-0.3, -0.25) is 19.3 Å². The van der Waals surface area contributed by atoms with Crippen LogP contribution < -0.4 is 10.1 Å². The van der Waals surface area contributed by atoms with E-state index >= 15 is 0 Å². The number of imide groups is 1. The van der Waals surface area contributed by atoms with Crippen LogP contribution in [0.5, 0.6) is 5.75 Å². The normalized spacial score (nSPS) is 14.7. The van der Waals surface area contributed by atoms with Gasteiger partial charge in [0, 0.05) is 22.8 Å². The van der Waals surface area contributed by atoms with Crippen LogP contribution >= 0.6 is 11.8 Å². The predicted octanol–water partition coefficient (Wildman–Crippen LogP) is 5.39. The lowest BCUT2D eigenvalue weighted by atomic mass is 10.1. The van der Waals surface area contributed by atoms with E-state index in [2.05, 4.69) is 41.9 Å². The lowest BCUT2D eigenvalue weighted by Crippen LogP contribution is -2.36. The second kappa shape index (κ2) is 9.84. The summed E-state index contributed by atoms with van der Waals surface area (Å²) in [5.74, 6) is -0.260. The molecule has 0 atom stereocenters. The molecule has 7 nitrogen and oxygen atoms in total. The van der Waals surface area contributed by atoms with Gasteiger partial charge in [0.1, 0.15) is 12.3 Å². The van der Waals surface area contributed by atoms with Crippen LogP contribution in [0.3, 0.4) is 0 Å². The average Bonchev–Trinajstić information content (AvgIpc) is 3.23. The second-order valence-electron chi connectivity index (χ2n) is 8.50. The fourth-order valence-corrected chi connectivity index (χ4v) is 4.99. The number of thioether (sulfide) groups is 1. The number of rotatable bonds is 6. The summed E-state index contributed by atoms with van der Waals surface area (Å²) in [4.78, 5) is 39.2. The Labute approximate surface area is 208 Å². The maximum atomic E-state index is 13.0. The standard InChI is InChI=1S/C27H27N3O4S/c1-16-6-11-23(17(2)12-16)30-18(3)13-20(19(30)4)14-24-26(32)29(27(33)35-24)15-25(31)28-21-7-9-22(34-5)10-8-21/h6-14H,15H2,1-5H3,(H,28,31)/b24-14+. The third-order valence-electron chi connectivity index (χ3n) is 5.90. The van der Waals surface area contributed by atoms with Gasteiger partial charge >= 0.3 is 0 Å². The van der Waals surface area contributed by atoms with Crippen molar-refractivity contribution in [1.29, 1.82) is 0 Å². The van der Waals surface area contributed by atoms with E-state index in [9.17, 15) is 14.4 Å². The number of anilines is 1. The number of amides is 3. The number of aromatic nitrogens is 1. The molecule has 1 aliphatic rings. The molecule has 3 aromatic rings.